The zero-order valence-electron chi connectivity index (χ0n) is 10.7. The summed E-state index contributed by atoms with van der Waals surface area (Å²) in [5.41, 5.74) is 7.53. The number of aromatic nitrogens is 1. The summed E-state index contributed by atoms with van der Waals surface area (Å²) in [5.74, 6) is 1.32. The highest BCUT2D eigenvalue weighted by atomic mass is 16.5. The molecule has 0 amide bonds. The zero-order chi connectivity index (χ0) is 13.0. The normalized spacial score (nSPS) is 12.8. The molecule has 0 aliphatic carbocycles. The molecular weight excluding hydrogens is 232 g/mol. The summed E-state index contributed by atoms with van der Waals surface area (Å²) >= 11 is 0. The molecule has 0 bridgehead atoms. The zero-order valence-corrected chi connectivity index (χ0v) is 10.7. The van der Waals surface area contributed by atoms with Gasteiger partial charge in [-0.15, -0.1) is 0 Å². The smallest absolute Gasteiger partial charge is 0.212 e. The predicted octanol–water partition coefficient (Wildman–Crippen LogP) is 2.26. The van der Waals surface area contributed by atoms with E-state index in [0.717, 1.165) is 29.7 Å². The van der Waals surface area contributed by atoms with Gasteiger partial charge in [-0.2, -0.15) is 0 Å². The Labute approximate surface area is 106 Å². The number of hydrogen-bond acceptors (Lipinski definition) is 5. The Balaban J connectivity index is 2.13. The van der Waals surface area contributed by atoms with Crippen LogP contribution in [0.15, 0.2) is 22.6 Å². The quantitative estimate of drug-likeness (QED) is 0.796. The van der Waals surface area contributed by atoms with Crippen molar-refractivity contribution in [1.82, 2.24) is 4.98 Å². The lowest BCUT2D eigenvalue weighted by atomic mass is 10.2. The molecule has 0 spiro atoms. The van der Waals surface area contributed by atoms with Gasteiger partial charge in [0, 0.05) is 19.8 Å². The Bertz CT molecular complexity index is 510. The minimum absolute atomic E-state index is 0.196. The Morgan fingerprint density at radius 3 is 2.94 bits per heavy atom. The lowest BCUT2D eigenvalue weighted by Crippen LogP contribution is -2.11. The number of nitrogens with zero attached hydrogens (tertiary/aromatic N) is 1. The molecule has 0 aliphatic heterocycles. The first kappa shape index (κ1) is 12.9. The number of hydrogen-bond donors (Lipinski definition) is 1. The van der Waals surface area contributed by atoms with Crippen LogP contribution in [-0.2, 0) is 4.74 Å². The van der Waals surface area contributed by atoms with Crippen molar-refractivity contribution in [2.45, 2.75) is 18.9 Å². The van der Waals surface area contributed by atoms with Crippen molar-refractivity contribution in [2.24, 2.45) is 5.73 Å². The van der Waals surface area contributed by atoms with Gasteiger partial charge >= 0.3 is 0 Å². The number of fused-ring (bicyclic) bond motifs is 1. The topological polar surface area (TPSA) is 70.5 Å². The van der Waals surface area contributed by atoms with Gasteiger partial charge in [0.25, 0.3) is 0 Å². The van der Waals surface area contributed by atoms with Crippen molar-refractivity contribution >= 4 is 11.1 Å². The summed E-state index contributed by atoms with van der Waals surface area (Å²) in [4.78, 5) is 4.39. The lowest BCUT2D eigenvalue weighted by molar-refractivity contribution is 0.189. The van der Waals surface area contributed by atoms with E-state index in [1.807, 2.05) is 18.2 Å². The molecule has 0 fully saturated rings. The largest absolute Gasteiger partial charge is 0.497 e. The van der Waals surface area contributed by atoms with Crippen molar-refractivity contribution in [3.05, 3.63) is 24.1 Å². The molecule has 1 atom stereocenters. The maximum absolute atomic E-state index is 6.03. The minimum atomic E-state index is -0.196. The van der Waals surface area contributed by atoms with Gasteiger partial charge in [0.1, 0.15) is 11.3 Å². The minimum Gasteiger partial charge on any atom is -0.497 e. The molecule has 0 saturated heterocycles. The summed E-state index contributed by atoms with van der Waals surface area (Å²) in [5, 5.41) is 0. The molecule has 2 aromatic rings. The van der Waals surface area contributed by atoms with Gasteiger partial charge in [0.15, 0.2) is 5.58 Å². The molecule has 0 saturated carbocycles. The van der Waals surface area contributed by atoms with E-state index in [1.165, 1.54) is 0 Å². The summed E-state index contributed by atoms with van der Waals surface area (Å²) in [6, 6.07) is 5.32. The maximum Gasteiger partial charge on any atom is 0.212 e. The first-order valence-corrected chi connectivity index (χ1v) is 5.93. The van der Waals surface area contributed by atoms with Crippen LogP contribution in [0.25, 0.3) is 11.1 Å². The fourth-order valence-corrected chi connectivity index (χ4v) is 1.78. The van der Waals surface area contributed by atoms with E-state index in [4.69, 9.17) is 19.6 Å². The van der Waals surface area contributed by atoms with E-state index in [2.05, 4.69) is 4.98 Å². The third-order valence-corrected chi connectivity index (χ3v) is 2.79. The van der Waals surface area contributed by atoms with Crippen LogP contribution in [0, 0.1) is 0 Å². The van der Waals surface area contributed by atoms with E-state index in [1.54, 1.807) is 14.2 Å². The average molecular weight is 250 g/mol. The van der Waals surface area contributed by atoms with Crippen LogP contribution in [0.3, 0.4) is 0 Å². The SMILES string of the molecule is COCCCC(N)c1nc2cc(OC)ccc2o1. The van der Waals surface area contributed by atoms with Gasteiger partial charge in [-0.25, -0.2) is 4.98 Å². The number of ether oxygens (including phenoxy) is 2. The van der Waals surface area contributed by atoms with Crippen LogP contribution < -0.4 is 10.5 Å². The number of methoxy groups -OCH3 is 2. The Kier molecular flexibility index (Phi) is 4.17. The second kappa shape index (κ2) is 5.84. The fraction of sp³-hybridized carbons (Fsp3) is 0.462. The summed E-state index contributed by atoms with van der Waals surface area (Å²) in [6.07, 6.45) is 1.68. The first-order chi connectivity index (χ1) is 8.74. The first-order valence-electron chi connectivity index (χ1n) is 5.93. The van der Waals surface area contributed by atoms with Gasteiger partial charge in [-0.1, -0.05) is 0 Å². The monoisotopic (exact) mass is 250 g/mol. The van der Waals surface area contributed by atoms with Gasteiger partial charge in [-0.05, 0) is 25.0 Å². The summed E-state index contributed by atoms with van der Waals surface area (Å²) < 4.78 is 15.8. The number of benzene rings is 1. The van der Waals surface area contributed by atoms with Crippen LogP contribution in [0.2, 0.25) is 0 Å². The molecule has 5 heteroatoms. The van der Waals surface area contributed by atoms with Crippen LogP contribution >= 0.6 is 0 Å². The Morgan fingerprint density at radius 1 is 1.39 bits per heavy atom. The van der Waals surface area contributed by atoms with Gasteiger partial charge < -0.3 is 19.6 Å². The van der Waals surface area contributed by atoms with E-state index >= 15 is 0 Å². The fourth-order valence-electron chi connectivity index (χ4n) is 1.78. The van der Waals surface area contributed by atoms with Crippen LogP contribution in [0.4, 0.5) is 0 Å². The molecule has 0 radical (unpaired) electrons. The van der Waals surface area contributed by atoms with Gasteiger partial charge in [0.2, 0.25) is 5.89 Å². The van der Waals surface area contributed by atoms with Crippen LogP contribution in [0.1, 0.15) is 24.8 Å². The molecule has 1 aromatic heterocycles. The molecular formula is C13H18N2O3. The number of rotatable bonds is 6. The van der Waals surface area contributed by atoms with Crippen LogP contribution in [-0.4, -0.2) is 25.8 Å². The third-order valence-electron chi connectivity index (χ3n) is 2.79. The maximum atomic E-state index is 6.03. The highest BCUT2D eigenvalue weighted by Gasteiger charge is 2.14. The van der Waals surface area contributed by atoms with Crippen molar-refractivity contribution < 1.29 is 13.9 Å². The van der Waals surface area contributed by atoms with E-state index in [0.29, 0.717) is 12.5 Å². The molecule has 1 heterocycles. The second-order valence-corrected chi connectivity index (χ2v) is 4.13. The average Bonchev–Trinajstić information content (AvgIpc) is 2.81. The van der Waals surface area contributed by atoms with Crippen molar-refractivity contribution in [3.63, 3.8) is 0 Å². The number of oxazole rings is 1. The van der Waals surface area contributed by atoms with Gasteiger partial charge in [-0.3, -0.25) is 0 Å². The highest BCUT2D eigenvalue weighted by Crippen LogP contribution is 2.24. The Morgan fingerprint density at radius 2 is 2.22 bits per heavy atom. The third kappa shape index (κ3) is 2.80. The highest BCUT2D eigenvalue weighted by molar-refractivity contribution is 5.74. The van der Waals surface area contributed by atoms with Gasteiger partial charge in [0.05, 0.1) is 13.2 Å². The molecule has 5 nitrogen and oxygen atoms in total. The van der Waals surface area contributed by atoms with Crippen LogP contribution in [0.5, 0.6) is 5.75 Å². The molecule has 1 unspecified atom stereocenters. The molecule has 1 aromatic carbocycles. The van der Waals surface area contributed by atoms with E-state index in [9.17, 15) is 0 Å². The molecule has 18 heavy (non-hydrogen) atoms. The molecule has 0 aliphatic rings. The van der Waals surface area contributed by atoms with Crippen molar-refractivity contribution in [3.8, 4) is 5.75 Å². The standard InChI is InChI=1S/C13H18N2O3/c1-16-7-3-4-10(14)13-15-11-8-9(17-2)5-6-12(11)18-13/h5-6,8,10H,3-4,7,14H2,1-2H3. The lowest BCUT2D eigenvalue weighted by Gasteiger charge is -2.05. The Hall–Kier alpha value is -1.59. The number of nitrogens with two attached hydrogens (primary N) is 1. The summed E-state index contributed by atoms with van der Waals surface area (Å²) in [7, 11) is 3.30. The summed E-state index contributed by atoms with van der Waals surface area (Å²) in [6.45, 7) is 0.696. The van der Waals surface area contributed by atoms with E-state index < -0.39 is 0 Å². The van der Waals surface area contributed by atoms with E-state index in [-0.39, 0.29) is 6.04 Å². The molecule has 98 valence electrons. The molecule has 2 rings (SSSR count). The second-order valence-electron chi connectivity index (χ2n) is 4.13. The van der Waals surface area contributed by atoms with Crippen molar-refractivity contribution in [2.75, 3.05) is 20.8 Å². The predicted molar refractivity (Wildman–Crippen MR) is 68.6 cm³/mol. The van der Waals surface area contributed by atoms with Crippen molar-refractivity contribution in [1.29, 1.82) is 0 Å². The molecule has 2 N–H and O–H groups in total.